The Morgan fingerprint density at radius 3 is 2.67 bits per heavy atom. The van der Waals surface area contributed by atoms with E-state index in [4.69, 9.17) is 14.6 Å². The molecule has 0 aromatic carbocycles. The Kier molecular flexibility index (Phi) is 3.09. The monoisotopic (exact) mass is 174 g/mol. The van der Waals surface area contributed by atoms with Gasteiger partial charge in [0.25, 0.3) is 0 Å². The molecule has 3 nitrogen and oxygen atoms in total. The van der Waals surface area contributed by atoms with E-state index in [-0.39, 0.29) is 12.7 Å². The van der Waals surface area contributed by atoms with Gasteiger partial charge in [0.05, 0.1) is 12.7 Å². The first-order chi connectivity index (χ1) is 5.55. The first kappa shape index (κ1) is 9.96. The third-order valence-corrected chi connectivity index (χ3v) is 2.28. The molecule has 0 unspecified atom stereocenters. The second-order valence-corrected chi connectivity index (χ2v) is 3.81. The summed E-state index contributed by atoms with van der Waals surface area (Å²) in [6.45, 7) is 6.76. The maximum atomic E-state index is 8.76. The van der Waals surface area contributed by atoms with Crippen molar-refractivity contribution in [1.82, 2.24) is 0 Å². The van der Waals surface area contributed by atoms with E-state index in [0.717, 1.165) is 6.42 Å². The number of hydrogen-bond donors (Lipinski definition) is 1. The summed E-state index contributed by atoms with van der Waals surface area (Å²) in [5.41, 5.74) is 0. The van der Waals surface area contributed by atoms with Gasteiger partial charge in [0.2, 0.25) is 0 Å². The minimum Gasteiger partial charge on any atom is -0.396 e. The van der Waals surface area contributed by atoms with Gasteiger partial charge in [-0.15, -0.1) is 0 Å². The smallest absolute Gasteiger partial charge is 0.163 e. The van der Waals surface area contributed by atoms with Gasteiger partial charge in [-0.1, -0.05) is 0 Å². The average molecular weight is 174 g/mol. The molecule has 3 heteroatoms. The second kappa shape index (κ2) is 3.73. The number of aliphatic hydroxyl groups is 1. The Bertz CT molecular complexity index is 145. The Hall–Kier alpha value is -0.120. The largest absolute Gasteiger partial charge is 0.396 e. The van der Waals surface area contributed by atoms with Crippen LogP contribution in [0.4, 0.5) is 0 Å². The lowest BCUT2D eigenvalue weighted by Crippen LogP contribution is -2.44. The summed E-state index contributed by atoms with van der Waals surface area (Å²) >= 11 is 0. The second-order valence-electron chi connectivity index (χ2n) is 3.81. The maximum Gasteiger partial charge on any atom is 0.163 e. The SMILES string of the molecule is C[C@H]1OC(C)(C)OC[C@H]1CCO. The predicted molar refractivity (Wildman–Crippen MR) is 45.8 cm³/mol. The molecular weight excluding hydrogens is 156 g/mol. The van der Waals surface area contributed by atoms with Gasteiger partial charge in [-0.2, -0.15) is 0 Å². The first-order valence-electron chi connectivity index (χ1n) is 4.48. The average Bonchev–Trinajstić information content (AvgIpc) is 1.94. The van der Waals surface area contributed by atoms with E-state index in [1.165, 1.54) is 0 Å². The summed E-state index contributed by atoms with van der Waals surface area (Å²) in [6, 6.07) is 0. The van der Waals surface area contributed by atoms with E-state index < -0.39 is 5.79 Å². The third kappa shape index (κ3) is 2.44. The normalized spacial score (nSPS) is 35.0. The van der Waals surface area contributed by atoms with Gasteiger partial charge in [0, 0.05) is 12.5 Å². The number of rotatable bonds is 2. The molecule has 1 aliphatic heterocycles. The van der Waals surface area contributed by atoms with E-state index in [1.807, 2.05) is 20.8 Å². The minimum absolute atomic E-state index is 0.181. The summed E-state index contributed by atoms with van der Waals surface area (Å²) in [4.78, 5) is 0. The van der Waals surface area contributed by atoms with Crippen molar-refractivity contribution < 1.29 is 14.6 Å². The van der Waals surface area contributed by atoms with E-state index in [1.54, 1.807) is 0 Å². The molecule has 0 aromatic rings. The summed E-state index contributed by atoms with van der Waals surface area (Å²) in [7, 11) is 0. The topological polar surface area (TPSA) is 38.7 Å². The van der Waals surface area contributed by atoms with Crippen LogP contribution < -0.4 is 0 Å². The van der Waals surface area contributed by atoms with Gasteiger partial charge in [-0.3, -0.25) is 0 Å². The van der Waals surface area contributed by atoms with Crippen molar-refractivity contribution in [3.63, 3.8) is 0 Å². The molecule has 1 rings (SSSR count). The van der Waals surface area contributed by atoms with Crippen LogP contribution >= 0.6 is 0 Å². The van der Waals surface area contributed by atoms with Crippen LogP contribution in [0.15, 0.2) is 0 Å². The van der Waals surface area contributed by atoms with Gasteiger partial charge in [-0.05, 0) is 27.2 Å². The van der Waals surface area contributed by atoms with Crippen LogP contribution in [0.2, 0.25) is 0 Å². The molecule has 0 saturated carbocycles. The van der Waals surface area contributed by atoms with Crippen LogP contribution in [0, 0.1) is 5.92 Å². The standard InChI is InChI=1S/C9H18O3/c1-7-8(4-5-10)6-11-9(2,3)12-7/h7-8,10H,4-6H2,1-3H3/t7-,8-/m1/s1. The van der Waals surface area contributed by atoms with Crippen molar-refractivity contribution in [3.05, 3.63) is 0 Å². The van der Waals surface area contributed by atoms with Crippen LogP contribution in [-0.4, -0.2) is 30.2 Å². The molecule has 2 atom stereocenters. The lowest BCUT2D eigenvalue weighted by Gasteiger charge is -2.39. The third-order valence-electron chi connectivity index (χ3n) is 2.28. The summed E-state index contributed by atoms with van der Waals surface area (Å²) in [6.07, 6.45) is 0.943. The molecule has 0 aliphatic carbocycles. The maximum absolute atomic E-state index is 8.76. The van der Waals surface area contributed by atoms with Crippen LogP contribution in [0.3, 0.4) is 0 Å². The molecule has 1 heterocycles. The zero-order valence-electron chi connectivity index (χ0n) is 8.04. The molecule has 1 fully saturated rings. The lowest BCUT2D eigenvalue weighted by molar-refractivity contribution is -0.290. The molecule has 0 amide bonds. The highest BCUT2D eigenvalue weighted by atomic mass is 16.7. The van der Waals surface area contributed by atoms with Crippen molar-refractivity contribution in [2.75, 3.05) is 13.2 Å². The highest BCUT2D eigenvalue weighted by Crippen LogP contribution is 2.27. The zero-order chi connectivity index (χ0) is 9.19. The van der Waals surface area contributed by atoms with Crippen molar-refractivity contribution in [3.8, 4) is 0 Å². The van der Waals surface area contributed by atoms with Crippen LogP contribution in [0.1, 0.15) is 27.2 Å². The first-order valence-corrected chi connectivity index (χ1v) is 4.48. The number of hydrogen-bond acceptors (Lipinski definition) is 3. The van der Waals surface area contributed by atoms with Gasteiger partial charge >= 0.3 is 0 Å². The molecule has 1 aliphatic rings. The summed E-state index contributed by atoms with van der Waals surface area (Å²) in [5, 5.41) is 8.76. The number of ether oxygens (including phenoxy) is 2. The molecule has 0 radical (unpaired) electrons. The van der Waals surface area contributed by atoms with E-state index in [2.05, 4.69) is 0 Å². The fourth-order valence-electron chi connectivity index (χ4n) is 1.51. The zero-order valence-corrected chi connectivity index (χ0v) is 8.04. The Balaban J connectivity index is 2.42. The van der Waals surface area contributed by atoms with Crippen molar-refractivity contribution in [2.45, 2.75) is 39.1 Å². The van der Waals surface area contributed by atoms with Crippen molar-refractivity contribution >= 4 is 0 Å². The molecule has 12 heavy (non-hydrogen) atoms. The van der Waals surface area contributed by atoms with Crippen LogP contribution in [0.5, 0.6) is 0 Å². The molecule has 0 aromatic heterocycles. The highest BCUT2D eigenvalue weighted by Gasteiger charge is 2.33. The molecular formula is C9H18O3. The van der Waals surface area contributed by atoms with E-state index in [0.29, 0.717) is 12.5 Å². The highest BCUT2D eigenvalue weighted by molar-refractivity contribution is 4.74. The lowest BCUT2D eigenvalue weighted by atomic mass is 9.99. The van der Waals surface area contributed by atoms with Gasteiger partial charge in [0.15, 0.2) is 5.79 Å². The van der Waals surface area contributed by atoms with Crippen molar-refractivity contribution in [1.29, 1.82) is 0 Å². The minimum atomic E-state index is -0.453. The van der Waals surface area contributed by atoms with Gasteiger partial charge in [-0.25, -0.2) is 0 Å². The molecule has 1 saturated heterocycles. The van der Waals surface area contributed by atoms with E-state index in [9.17, 15) is 0 Å². The molecule has 0 spiro atoms. The quantitative estimate of drug-likeness (QED) is 0.682. The van der Waals surface area contributed by atoms with Crippen LogP contribution in [0.25, 0.3) is 0 Å². The molecule has 72 valence electrons. The molecule has 0 bridgehead atoms. The Morgan fingerprint density at radius 1 is 1.50 bits per heavy atom. The van der Waals surface area contributed by atoms with Crippen molar-refractivity contribution in [2.24, 2.45) is 5.92 Å². The van der Waals surface area contributed by atoms with Crippen LogP contribution in [-0.2, 0) is 9.47 Å². The summed E-state index contributed by atoms with van der Waals surface area (Å²) in [5.74, 6) is -0.117. The molecule has 1 N–H and O–H groups in total. The predicted octanol–water partition coefficient (Wildman–Crippen LogP) is 1.16. The number of aliphatic hydroxyl groups excluding tert-OH is 1. The van der Waals surface area contributed by atoms with Gasteiger partial charge < -0.3 is 14.6 Å². The Labute approximate surface area is 73.7 Å². The summed E-state index contributed by atoms with van der Waals surface area (Å²) < 4.78 is 11.1. The van der Waals surface area contributed by atoms with Gasteiger partial charge in [0.1, 0.15) is 0 Å². The Morgan fingerprint density at radius 2 is 2.17 bits per heavy atom. The van der Waals surface area contributed by atoms with E-state index >= 15 is 0 Å². The fourth-order valence-corrected chi connectivity index (χ4v) is 1.51. The fraction of sp³-hybridized carbons (Fsp3) is 1.00.